The van der Waals surface area contributed by atoms with Crippen molar-refractivity contribution in [3.63, 3.8) is 0 Å². The molecule has 0 saturated carbocycles. The van der Waals surface area contributed by atoms with Gasteiger partial charge in [-0.05, 0) is 64.7 Å². The number of carboxylic acids is 1. The summed E-state index contributed by atoms with van der Waals surface area (Å²) in [4.78, 5) is 20.7. The maximum absolute atomic E-state index is 11.4. The van der Waals surface area contributed by atoms with E-state index in [0.29, 0.717) is 23.8 Å². The lowest BCUT2D eigenvalue weighted by atomic mass is 9.91. The third kappa shape index (κ3) is 4.10. The van der Waals surface area contributed by atoms with Crippen molar-refractivity contribution in [3.8, 4) is 28.5 Å². The highest BCUT2D eigenvalue weighted by atomic mass is 16.5. The molecular weight excluding hydrogens is 392 g/mol. The third-order valence-electron chi connectivity index (χ3n) is 5.65. The van der Waals surface area contributed by atoms with E-state index in [1.807, 2.05) is 19.9 Å². The standard InChI is InChI=1S/C25H26N2O4/c1-4-30-24-19-8-5-6-10-20(19)27-16(3)23(24)17-12-13-22(26-14-17)31-21-11-7-9-18(15(21)2)25(28)29/h7,9,11-14H,4-6,8,10H2,1-3H3,(H,28,29). The Hall–Kier alpha value is -3.41. The lowest BCUT2D eigenvalue weighted by Crippen LogP contribution is -2.11. The first-order chi connectivity index (χ1) is 15.0. The highest BCUT2D eigenvalue weighted by Gasteiger charge is 2.22. The van der Waals surface area contributed by atoms with Gasteiger partial charge in [-0.1, -0.05) is 6.07 Å². The zero-order valence-corrected chi connectivity index (χ0v) is 18.1. The van der Waals surface area contributed by atoms with Crippen LogP contribution in [-0.4, -0.2) is 27.7 Å². The van der Waals surface area contributed by atoms with Crippen molar-refractivity contribution in [2.45, 2.75) is 46.5 Å². The molecule has 0 bridgehead atoms. The van der Waals surface area contributed by atoms with Gasteiger partial charge in [-0.25, -0.2) is 9.78 Å². The number of benzene rings is 1. The minimum absolute atomic E-state index is 0.214. The van der Waals surface area contributed by atoms with Crippen LogP contribution in [0.3, 0.4) is 0 Å². The first-order valence-corrected chi connectivity index (χ1v) is 10.6. The number of carbonyl (C=O) groups is 1. The van der Waals surface area contributed by atoms with E-state index in [-0.39, 0.29) is 5.56 Å². The topological polar surface area (TPSA) is 81.5 Å². The number of hydrogen-bond donors (Lipinski definition) is 1. The second kappa shape index (κ2) is 8.76. The lowest BCUT2D eigenvalue weighted by Gasteiger charge is -2.23. The van der Waals surface area contributed by atoms with E-state index in [2.05, 4.69) is 4.98 Å². The predicted octanol–water partition coefficient (Wildman–Crippen LogP) is 5.53. The van der Waals surface area contributed by atoms with E-state index < -0.39 is 5.97 Å². The number of aromatic nitrogens is 2. The first kappa shape index (κ1) is 20.8. The molecule has 1 aliphatic rings. The first-order valence-electron chi connectivity index (χ1n) is 10.6. The van der Waals surface area contributed by atoms with Crippen LogP contribution < -0.4 is 9.47 Å². The zero-order valence-electron chi connectivity index (χ0n) is 18.1. The predicted molar refractivity (Wildman–Crippen MR) is 118 cm³/mol. The quantitative estimate of drug-likeness (QED) is 0.567. The number of nitrogens with zero attached hydrogens (tertiary/aromatic N) is 2. The van der Waals surface area contributed by atoms with Crippen molar-refractivity contribution in [2.75, 3.05) is 6.61 Å². The van der Waals surface area contributed by atoms with Gasteiger partial charge in [0, 0.05) is 45.9 Å². The molecule has 0 saturated heterocycles. The molecule has 2 heterocycles. The molecule has 160 valence electrons. The Balaban J connectivity index is 1.68. The number of ether oxygens (including phenoxy) is 2. The van der Waals surface area contributed by atoms with Crippen molar-refractivity contribution < 1.29 is 19.4 Å². The zero-order chi connectivity index (χ0) is 22.0. The van der Waals surface area contributed by atoms with E-state index in [1.165, 1.54) is 12.0 Å². The van der Waals surface area contributed by atoms with Gasteiger partial charge < -0.3 is 14.6 Å². The van der Waals surface area contributed by atoms with Crippen LogP contribution >= 0.6 is 0 Å². The monoisotopic (exact) mass is 418 g/mol. The van der Waals surface area contributed by atoms with Crippen molar-refractivity contribution in [3.05, 3.63) is 64.6 Å². The Morgan fingerprint density at radius 3 is 2.65 bits per heavy atom. The van der Waals surface area contributed by atoms with E-state index in [9.17, 15) is 9.90 Å². The number of rotatable bonds is 6. The van der Waals surface area contributed by atoms with E-state index in [4.69, 9.17) is 14.5 Å². The molecule has 1 N–H and O–H groups in total. The van der Waals surface area contributed by atoms with Crippen molar-refractivity contribution in [2.24, 2.45) is 0 Å². The fourth-order valence-corrected chi connectivity index (χ4v) is 4.13. The number of pyridine rings is 2. The maximum atomic E-state index is 11.4. The SMILES string of the molecule is CCOc1c2c(nc(C)c1-c1ccc(Oc3cccc(C(=O)O)c3C)nc1)CCCC2. The summed E-state index contributed by atoms with van der Waals surface area (Å²) in [7, 11) is 0. The number of aromatic carboxylic acids is 1. The number of fused-ring (bicyclic) bond motifs is 1. The van der Waals surface area contributed by atoms with Crippen LogP contribution in [0.25, 0.3) is 11.1 Å². The van der Waals surface area contributed by atoms with Crippen LogP contribution in [0.1, 0.15) is 52.6 Å². The lowest BCUT2D eigenvalue weighted by molar-refractivity contribution is 0.0695. The molecule has 6 heteroatoms. The molecular formula is C25H26N2O4. The molecule has 1 aliphatic carbocycles. The van der Waals surface area contributed by atoms with Gasteiger partial charge in [0.2, 0.25) is 5.88 Å². The van der Waals surface area contributed by atoms with Gasteiger partial charge in [0.15, 0.2) is 0 Å². The molecule has 31 heavy (non-hydrogen) atoms. The van der Waals surface area contributed by atoms with Crippen LogP contribution in [-0.2, 0) is 12.8 Å². The Kier molecular flexibility index (Phi) is 5.89. The molecule has 0 radical (unpaired) electrons. The summed E-state index contributed by atoms with van der Waals surface area (Å²) < 4.78 is 12.0. The molecule has 0 unspecified atom stereocenters. The Bertz CT molecular complexity index is 1120. The number of aryl methyl sites for hydroxylation is 2. The molecule has 0 spiro atoms. The van der Waals surface area contributed by atoms with Crippen LogP contribution in [0.2, 0.25) is 0 Å². The van der Waals surface area contributed by atoms with E-state index >= 15 is 0 Å². The fraction of sp³-hybridized carbons (Fsp3) is 0.320. The van der Waals surface area contributed by atoms with Crippen LogP contribution in [0.5, 0.6) is 17.4 Å². The van der Waals surface area contributed by atoms with Crippen LogP contribution in [0.4, 0.5) is 0 Å². The summed E-state index contributed by atoms with van der Waals surface area (Å²) in [5, 5.41) is 9.31. The molecule has 1 aromatic carbocycles. The second-order valence-electron chi connectivity index (χ2n) is 7.69. The average Bonchev–Trinajstić information content (AvgIpc) is 2.76. The number of hydrogen-bond acceptors (Lipinski definition) is 5. The Morgan fingerprint density at radius 2 is 1.94 bits per heavy atom. The molecule has 0 amide bonds. The Labute approximate surface area is 181 Å². The minimum atomic E-state index is -0.981. The van der Waals surface area contributed by atoms with E-state index in [1.54, 1.807) is 37.4 Å². The summed E-state index contributed by atoms with van der Waals surface area (Å²) in [5.74, 6) is 0.813. The fourth-order valence-electron chi connectivity index (χ4n) is 4.13. The van der Waals surface area contributed by atoms with Gasteiger partial charge in [-0.2, -0.15) is 0 Å². The summed E-state index contributed by atoms with van der Waals surface area (Å²) >= 11 is 0. The summed E-state index contributed by atoms with van der Waals surface area (Å²) in [5.41, 5.74) is 5.98. The van der Waals surface area contributed by atoms with Crippen molar-refractivity contribution in [1.29, 1.82) is 0 Å². The van der Waals surface area contributed by atoms with Gasteiger partial charge in [0.25, 0.3) is 0 Å². The summed E-state index contributed by atoms with van der Waals surface area (Å²) in [6.07, 6.45) is 6.06. The summed E-state index contributed by atoms with van der Waals surface area (Å²) in [6, 6.07) is 8.69. The molecule has 4 rings (SSSR count). The molecule has 0 atom stereocenters. The molecule has 3 aromatic rings. The van der Waals surface area contributed by atoms with Gasteiger partial charge in [0.05, 0.1) is 12.2 Å². The molecule has 0 fully saturated rings. The van der Waals surface area contributed by atoms with Gasteiger partial charge in [-0.15, -0.1) is 0 Å². The van der Waals surface area contributed by atoms with Gasteiger partial charge in [-0.3, -0.25) is 4.98 Å². The smallest absolute Gasteiger partial charge is 0.336 e. The third-order valence-corrected chi connectivity index (χ3v) is 5.65. The van der Waals surface area contributed by atoms with E-state index in [0.717, 1.165) is 47.5 Å². The minimum Gasteiger partial charge on any atom is -0.493 e. The van der Waals surface area contributed by atoms with Gasteiger partial charge >= 0.3 is 5.97 Å². The van der Waals surface area contributed by atoms with Gasteiger partial charge in [0.1, 0.15) is 11.5 Å². The largest absolute Gasteiger partial charge is 0.493 e. The van der Waals surface area contributed by atoms with Crippen molar-refractivity contribution in [1.82, 2.24) is 9.97 Å². The van der Waals surface area contributed by atoms with Crippen LogP contribution in [0.15, 0.2) is 36.5 Å². The summed E-state index contributed by atoms with van der Waals surface area (Å²) in [6.45, 7) is 6.33. The molecule has 0 aliphatic heterocycles. The Morgan fingerprint density at radius 1 is 1.13 bits per heavy atom. The van der Waals surface area contributed by atoms with Crippen LogP contribution in [0, 0.1) is 13.8 Å². The normalized spacial score (nSPS) is 12.9. The maximum Gasteiger partial charge on any atom is 0.336 e. The molecule has 6 nitrogen and oxygen atoms in total. The highest BCUT2D eigenvalue weighted by Crippen LogP contribution is 2.40. The van der Waals surface area contributed by atoms with Crippen molar-refractivity contribution >= 4 is 5.97 Å². The highest BCUT2D eigenvalue weighted by molar-refractivity contribution is 5.90. The number of carboxylic acid groups (broad SMARTS) is 1. The second-order valence-corrected chi connectivity index (χ2v) is 7.69. The average molecular weight is 418 g/mol. The molecule has 2 aromatic heterocycles.